The molecule has 1 aromatic rings. The largest absolute Gasteiger partial charge is 0.492 e. The Kier molecular flexibility index (Phi) is 10.7. The van der Waals surface area contributed by atoms with Gasteiger partial charge in [-0.15, -0.1) is 12.4 Å². The van der Waals surface area contributed by atoms with Crippen molar-refractivity contribution in [2.24, 2.45) is 5.73 Å². The molecule has 0 aliphatic carbocycles. The maximum absolute atomic E-state index is 11.7. The lowest BCUT2D eigenvalue weighted by Gasteiger charge is -2.18. The van der Waals surface area contributed by atoms with E-state index in [2.05, 4.69) is 5.32 Å². The first-order chi connectivity index (χ1) is 9.65. The van der Waals surface area contributed by atoms with Crippen LogP contribution in [-0.2, 0) is 4.79 Å². The zero-order valence-corrected chi connectivity index (χ0v) is 13.1. The Bertz CT molecular complexity index is 390. The first-order valence-electron chi connectivity index (χ1n) is 7.04. The van der Waals surface area contributed by atoms with Gasteiger partial charge in [0, 0.05) is 6.04 Å². The van der Waals surface area contributed by atoms with Crippen LogP contribution in [0.4, 0.5) is 0 Å². The van der Waals surface area contributed by atoms with Crippen molar-refractivity contribution in [3.8, 4) is 5.75 Å². The zero-order valence-electron chi connectivity index (χ0n) is 12.3. The average molecular weight is 317 g/mol. The van der Waals surface area contributed by atoms with E-state index in [9.17, 15) is 9.90 Å². The number of nitrogens with two attached hydrogens (primary N) is 1. The molecule has 0 aliphatic rings. The molecule has 0 heterocycles. The van der Waals surface area contributed by atoms with Gasteiger partial charge in [0.25, 0.3) is 5.91 Å². The maximum Gasteiger partial charge on any atom is 0.250 e. The highest BCUT2D eigenvalue weighted by atomic mass is 35.5. The van der Waals surface area contributed by atoms with Gasteiger partial charge in [-0.25, -0.2) is 0 Å². The molecule has 0 unspecified atom stereocenters. The number of nitrogens with one attached hydrogen (secondary N) is 1. The number of rotatable bonds is 9. The van der Waals surface area contributed by atoms with Gasteiger partial charge in [-0.1, -0.05) is 38.0 Å². The molecule has 5 nitrogen and oxygen atoms in total. The zero-order chi connectivity index (χ0) is 14.8. The molecule has 0 aliphatic heterocycles. The maximum atomic E-state index is 11.7. The highest BCUT2D eigenvalue weighted by Crippen LogP contribution is 2.07. The van der Waals surface area contributed by atoms with Crippen LogP contribution >= 0.6 is 12.4 Å². The van der Waals surface area contributed by atoms with Crippen LogP contribution in [0.25, 0.3) is 0 Å². The number of hydrogen-bond donors (Lipinski definition) is 3. The van der Waals surface area contributed by atoms with Gasteiger partial charge in [0.1, 0.15) is 18.5 Å². The van der Waals surface area contributed by atoms with Gasteiger partial charge in [0.15, 0.2) is 0 Å². The quantitative estimate of drug-likeness (QED) is 0.602. The second-order valence-corrected chi connectivity index (χ2v) is 4.70. The topological polar surface area (TPSA) is 84.6 Å². The fourth-order valence-corrected chi connectivity index (χ4v) is 1.76. The van der Waals surface area contributed by atoms with E-state index < -0.39 is 18.1 Å². The Balaban J connectivity index is 0.00000400. The van der Waals surface area contributed by atoms with Gasteiger partial charge < -0.3 is 20.9 Å². The monoisotopic (exact) mass is 316 g/mol. The molecule has 1 rings (SSSR count). The van der Waals surface area contributed by atoms with Crippen molar-refractivity contribution in [3.63, 3.8) is 0 Å². The molecular formula is C15H25ClN2O3. The number of para-hydroxylation sites is 1. The minimum atomic E-state index is -1.15. The minimum absolute atomic E-state index is 0. The van der Waals surface area contributed by atoms with Gasteiger partial charge in [-0.3, -0.25) is 4.79 Å². The fourth-order valence-electron chi connectivity index (χ4n) is 1.76. The molecule has 4 N–H and O–H groups in total. The Labute approximate surface area is 132 Å². The van der Waals surface area contributed by atoms with Crippen LogP contribution in [0.15, 0.2) is 30.3 Å². The van der Waals surface area contributed by atoms with Crippen LogP contribution in [0.3, 0.4) is 0 Å². The van der Waals surface area contributed by atoms with Gasteiger partial charge in [0.05, 0.1) is 6.54 Å². The number of carbonyl (C=O) groups is 1. The number of aliphatic hydroxyl groups excluding tert-OH is 1. The predicted octanol–water partition coefficient (Wildman–Crippen LogP) is 1.48. The highest BCUT2D eigenvalue weighted by Gasteiger charge is 2.21. The third-order valence-corrected chi connectivity index (χ3v) is 2.98. The van der Waals surface area contributed by atoms with Gasteiger partial charge >= 0.3 is 0 Å². The summed E-state index contributed by atoms with van der Waals surface area (Å²) in [5.41, 5.74) is 5.76. The number of unbranched alkanes of at least 4 members (excludes halogenated alkanes) is 1. The van der Waals surface area contributed by atoms with Crippen LogP contribution in [0.2, 0.25) is 0 Å². The standard InChI is InChI=1S/C15H24N2O3.ClH/c1-2-3-9-13(16)14(18)15(19)17-10-11-20-12-7-5-4-6-8-12;/h4-8,13-14,18H,2-3,9-11,16H2,1H3,(H,17,19);1H/t13-,14+;/m1./s1. The summed E-state index contributed by atoms with van der Waals surface area (Å²) in [7, 11) is 0. The van der Waals surface area contributed by atoms with E-state index in [1.807, 2.05) is 37.3 Å². The lowest BCUT2D eigenvalue weighted by atomic mass is 10.0. The predicted molar refractivity (Wildman–Crippen MR) is 85.7 cm³/mol. The number of carbonyl (C=O) groups excluding carboxylic acids is 1. The second kappa shape index (κ2) is 11.4. The summed E-state index contributed by atoms with van der Waals surface area (Å²) in [5, 5.41) is 12.4. The second-order valence-electron chi connectivity index (χ2n) is 4.70. The smallest absolute Gasteiger partial charge is 0.250 e. The van der Waals surface area contributed by atoms with E-state index in [0.717, 1.165) is 18.6 Å². The first kappa shape index (κ1) is 19.7. The molecule has 0 saturated heterocycles. The number of aliphatic hydroxyl groups is 1. The van der Waals surface area contributed by atoms with E-state index in [-0.39, 0.29) is 12.4 Å². The van der Waals surface area contributed by atoms with Crippen LogP contribution in [0, 0.1) is 0 Å². The Morgan fingerprint density at radius 2 is 2.05 bits per heavy atom. The van der Waals surface area contributed by atoms with Crippen molar-refractivity contribution in [2.45, 2.75) is 38.3 Å². The van der Waals surface area contributed by atoms with E-state index in [1.54, 1.807) is 0 Å². The molecule has 0 fully saturated rings. The van der Waals surface area contributed by atoms with E-state index in [1.165, 1.54) is 0 Å². The third-order valence-electron chi connectivity index (χ3n) is 2.98. The van der Waals surface area contributed by atoms with Crippen LogP contribution in [-0.4, -0.2) is 36.3 Å². The van der Waals surface area contributed by atoms with Crippen LogP contribution < -0.4 is 15.8 Å². The minimum Gasteiger partial charge on any atom is -0.492 e. The highest BCUT2D eigenvalue weighted by molar-refractivity contribution is 5.85. The van der Waals surface area contributed by atoms with Crippen molar-refractivity contribution in [1.29, 1.82) is 0 Å². The summed E-state index contributed by atoms with van der Waals surface area (Å²) in [6, 6.07) is 8.84. The molecule has 0 saturated carbocycles. The molecule has 0 spiro atoms. The molecule has 2 atom stereocenters. The van der Waals surface area contributed by atoms with Crippen molar-refractivity contribution in [2.75, 3.05) is 13.2 Å². The molecule has 6 heteroatoms. The Morgan fingerprint density at radius 1 is 1.38 bits per heavy atom. The Morgan fingerprint density at radius 3 is 2.67 bits per heavy atom. The number of hydrogen-bond acceptors (Lipinski definition) is 4. The molecule has 21 heavy (non-hydrogen) atoms. The summed E-state index contributed by atoms with van der Waals surface area (Å²) in [6.07, 6.45) is 1.39. The molecule has 1 amide bonds. The van der Waals surface area contributed by atoms with E-state index in [4.69, 9.17) is 10.5 Å². The molecule has 120 valence electrons. The van der Waals surface area contributed by atoms with Crippen molar-refractivity contribution < 1.29 is 14.6 Å². The summed E-state index contributed by atoms with van der Waals surface area (Å²) in [5.74, 6) is 0.312. The molecule has 0 bridgehead atoms. The third kappa shape index (κ3) is 7.90. The van der Waals surface area contributed by atoms with Crippen LogP contribution in [0.1, 0.15) is 26.2 Å². The van der Waals surface area contributed by atoms with Crippen LogP contribution in [0.5, 0.6) is 5.75 Å². The van der Waals surface area contributed by atoms with Crippen molar-refractivity contribution in [3.05, 3.63) is 30.3 Å². The summed E-state index contributed by atoms with van der Waals surface area (Å²) in [6.45, 7) is 2.73. The summed E-state index contributed by atoms with van der Waals surface area (Å²) < 4.78 is 5.43. The number of halogens is 1. The average Bonchev–Trinajstić information content (AvgIpc) is 2.49. The summed E-state index contributed by atoms with van der Waals surface area (Å²) in [4.78, 5) is 11.7. The molecule has 0 aromatic heterocycles. The fraction of sp³-hybridized carbons (Fsp3) is 0.533. The lowest BCUT2D eigenvalue weighted by molar-refractivity contribution is -0.130. The van der Waals surface area contributed by atoms with E-state index in [0.29, 0.717) is 19.6 Å². The first-order valence-corrected chi connectivity index (χ1v) is 7.04. The van der Waals surface area contributed by atoms with Gasteiger partial charge in [-0.2, -0.15) is 0 Å². The molecular weight excluding hydrogens is 292 g/mol. The number of ether oxygens (including phenoxy) is 1. The van der Waals surface area contributed by atoms with E-state index >= 15 is 0 Å². The summed E-state index contributed by atoms with van der Waals surface area (Å²) >= 11 is 0. The number of amides is 1. The normalized spacial score (nSPS) is 12.9. The molecule has 1 aromatic carbocycles. The lowest BCUT2D eigenvalue weighted by Crippen LogP contribution is -2.47. The SMILES string of the molecule is CCCC[C@@H](N)[C@H](O)C(=O)NCCOc1ccccc1.Cl. The van der Waals surface area contributed by atoms with Crippen molar-refractivity contribution in [1.82, 2.24) is 5.32 Å². The Hall–Kier alpha value is -1.30. The van der Waals surface area contributed by atoms with Crippen molar-refractivity contribution >= 4 is 18.3 Å². The number of benzene rings is 1. The van der Waals surface area contributed by atoms with Gasteiger partial charge in [-0.05, 0) is 18.6 Å². The molecule has 0 radical (unpaired) electrons. The van der Waals surface area contributed by atoms with Gasteiger partial charge in [0.2, 0.25) is 0 Å².